The Kier molecular flexibility index (Phi) is 3.35. The molecule has 3 rings (SSSR count). The minimum atomic E-state index is 0.0306. The summed E-state index contributed by atoms with van der Waals surface area (Å²) in [6.07, 6.45) is 1.82. The van der Waals surface area contributed by atoms with E-state index in [9.17, 15) is 0 Å². The molecule has 100 valence electrons. The van der Waals surface area contributed by atoms with Crippen molar-refractivity contribution in [2.75, 3.05) is 0 Å². The van der Waals surface area contributed by atoms with Crippen LogP contribution in [-0.4, -0.2) is 9.78 Å². The standard InChI is InChI=1S/C17H17N3/c1-13(18)14-6-5-7-15(12-14)17-10-11-19-20(17)16-8-3-2-4-9-16/h2-13H,18H2,1H3. The van der Waals surface area contributed by atoms with Gasteiger partial charge < -0.3 is 5.73 Å². The molecule has 3 heteroatoms. The highest BCUT2D eigenvalue weighted by atomic mass is 15.3. The highest BCUT2D eigenvalue weighted by molar-refractivity contribution is 5.62. The zero-order chi connectivity index (χ0) is 13.9. The Labute approximate surface area is 118 Å². The summed E-state index contributed by atoms with van der Waals surface area (Å²) in [4.78, 5) is 0. The lowest BCUT2D eigenvalue weighted by atomic mass is 10.0. The minimum Gasteiger partial charge on any atom is -0.324 e. The van der Waals surface area contributed by atoms with E-state index in [0.29, 0.717) is 0 Å². The second-order valence-electron chi connectivity index (χ2n) is 4.88. The molecule has 2 N–H and O–H groups in total. The Balaban J connectivity index is 2.08. The van der Waals surface area contributed by atoms with E-state index >= 15 is 0 Å². The SMILES string of the molecule is CC(N)c1cccc(-c2ccnn2-c2ccccc2)c1. The number of hydrogen-bond acceptors (Lipinski definition) is 2. The number of nitrogens with zero attached hydrogens (tertiary/aromatic N) is 2. The van der Waals surface area contributed by atoms with Crippen LogP contribution < -0.4 is 5.73 Å². The van der Waals surface area contributed by atoms with Gasteiger partial charge in [-0.25, -0.2) is 4.68 Å². The fourth-order valence-corrected chi connectivity index (χ4v) is 2.28. The number of hydrogen-bond donors (Lipinski definition) is 1. The molecule has 1 unspecified atom stereocenters. The van der Waals surface area contributed by atoms with Gasteiger partial charge in [-0.1, -0.05) is 36.4 Å². The van der Waals surface area contributed by atoms with Crippen molar-refractivity contribution in [1.82, 2.24) is 9.78 Å². The average molecular weight is 263 g/mol. The molecule has 0 aliphatic rings. The van der Waals surface area contributed by atoms with Gasteiger partial charge in [0.05, 0.1) is 17.6 Å². The molecule has 0 fully saturated rings. The molecule has 3 nitrogen and oxygen atoms in total. The highest BCUT2D eigenvalue weighted by Crippen LogP contribution is 2.24. The van der Waals surface area contributed by atoms with Crippen molar-refractivity contribution in [3.63, 3.8) is 0 Å². The molecule has 0 aliphatic heterocycles. The van der Waals surface area contributed by atoms with Gasteiger partial charge in [0.15, 0.2) is 0 Å². The third-order valence-electron chi connectivity index (χ3n) is 3.35. The molecule has 0 saturated carbocycles. The van der Waals surface area contributed by atoms with Gasteiger partial charge in [-0.2, -0.15) is 5.10 Å². The summed E-state index contributed by atoms with van der Waals surface area (Å²) < 4.78 is 1.94. The number of para-hydroxylation sites is 1. The van der Waals surface area contributed by atoms with Gasteiger partial charge in [0.1, 0.15) is 0 Å². The first-order chi connectivity index (χ1) is 9.75. The molecular weight excluding hydrogens is 246 g/mol. The van der Waals surface area contributed by atoms with Crippen molar-refractivity contribution >= 4 is 0 Å². The van der Waals surface area contributed by atoms with Crippen LogP contribution in [0.25, 0.3) is 16.9 Å². The first kappa shape index (κ1) is 12.6. The summed E-state index contributed by atoms with van der Waals surface area (Å²) in [5.74, 6) is 0. The predicted octanol–water partition coefficient (Wildman–Crippen LogP) is 3.56. The molecule has 0 saturated heterocycles. The van der Waals surface area contributed by atoms with E-state index in [1.165, 1.54) is 0 Å². The fourth-order valence-electron chi connectivity index (χ4n) is 2.28. The van der Waals surface area contributed by atoms with Crippen LogP contribution in [0.5, 0.6) is 0 Å². The third-order valence-corrected chi connectivity index (χ3v) is 3.35. The third kappa shape index (κ3) is 2.36. The van der Waals surface area contributed by atoms with Gasteiger partial charge in [0, 0.05) is 11.6 Å². The second kappa shape index (κ2) is 5.31. The van der Waals surface area contributed by atoms with E-state index in [1.54, 1.807) is 0 Å². The Morgan fingerprint density at radius 3 is 2.55 bits per heavy atom. The number of benzene rings is 2. The molecule has 20 heavy (non-hydrogen) atoms. The van der Waals surface area contributed by atoms with Crippen LogP contribution in [0, 0.1) is 0 Å². The van der Waals surface area contributed by atoms with Crippen LogP contribution in [0.3, 0.4) is 0 Å². The lowest BCUT2D eigenvalue weighted by Crippen LogP contribution is -2.05. The van der Waals surface area contributed by atoms with E-state index in [-0.39, 0.29) is 6.04 Å². The van der Waals surface area contributed by atoms with Crippen molar-refractivity contribution in [1.29, 1.82) is 0 Å². The van der Waals surface area contributed by atoms with Gasteiger partial charge in [-0.05, 0) is 36.8 Å². The predicted molar refractivity (Wildman–Crippen MR) is 81.6 cm³/mol. The van der Waals surface area contributed by atoms with E-state index in [1.807, 2.05) is 60.3 Å². The fraction of sp³-hybridized carbons (Fsp3) is 0.118. The maximum absolute atomic E-state index is 5.96. The summed E-state index contributed by atoms with van der Waals surface area (Å²) in [7, 11) is 0. The van der Waals surface area contributed by atoms with E-state index in [2.05, 4.69) is 23.3 Å². The molecule has 0 spiro atoms. The summed E-state index contributed by atoms with van der Waals surface area (Å²) in [5, 5.41) is 4.42. The van der Waals surface area contributed by atoms with Gasteiger partial charge in [-0.3, -0.25) is 0 Å². The van der Waals surface area contributed by atoms with Crippen LogP contribution in [0.1, 0.15) is 18.5 Å². The zero-order valence-corrected chi connectivity index (χ0v) is 11.4. The number of aromatic nitrogens is 2. The largest absolute Gasteiger partial charge is 0.324 e. The maximum Gasteiger partial charge on any atom is 0.0741 e. The van der Waals surface area contributed by atoms with Crippen LogP contribution in [0.2, 0.25) is 0 Å². The first-order valence-corrected chi connectivity index (χ1v) is 6.71. The molecular formula is C17H17N3. The van der Waals surface area contributed by atoms with Gasteiger partial charge in [0.2, 0.25) is 0 Å². The van der Waals surface area contributed by atoms with Gasteiger partial charge in [-0.15, -0.1) is 0 Å². The van der Waals surface area contributed by atoms with E-state index < -0.39 is 0 Å². The molecule has 0 amide bonds. The molecule has 2 aromatic carbocycles. The Bertz CT molecular complexity index is 699. The molecule has 0 radical (unpaired) electrons. The Morgan fingerprint density at radius 2 is 1.80 bits per heavy atom. The molecule has 3 aromatic rings. The maximum atomic E-state index is 5.96. The summed E-state index contributed by atoms with van der Waals surface area (Å²) >= 11 is 0. The molecule has 0 bridgehead atoms. The highest BCUT2D eigenvalue weighted by Gasteiger charge is 2.08. The topological polar surface area (TPSA) is 43.8 Å². The van der Waals surface area contributed by atoms with Crippen LogP contribution in [-0.2, 0) is 0 Å². The summed E-state index contributed by atoms with van der Waals surface area (Å²) in [5.41, 5.74) is 10.3. The molecule has 1 aromatic heterocycles. The van der Waals surface area contributed by atoms with Crippen LogP contribution in [0.15, 0.2) is 66.9 Å². The quantitative estimate of drug-likeness (QED) is 0.785. The second-order valence-corrected chi connectivity index (χ2v) is 4.88. The minimum absolute atomic E-state index is 0.0306. The van der Waals surface area contributed by atoms with Crippen molar-refractivity contribution in [2.24, 2.45) is 5.73 Å². The van der Waals surface area contributed by atoms with Crippen LogP contribution >= 0.6 is 0 Å². The van der Waals surface area contributed by atoms with Crippen LogP contribution in [0.4, 0.5) is 0 Å². The van der Waals surface area contributed by atoms with Crippen molar-refractivity contribution < 1.29 is 0 Å². The molecule has 0 aliphatic carbocycles. The van der Waals surface area contributed by atoms with Crippen molar-refractivity contribution in [2.45, 2.75) is 13.0 Å². The number of nitrogens with two attached hydrogens (primary N) is 1. The normalized spacial score (nSPS) is 12.3. The lowest BCUT2D eigenvalue weighted by molar-refractivity contribution is 0.818. The van der Waals surface area contributed by atoms with E-state index in [0.717, 1.165) is 22.5 Å². The average Bonchev–Trinajstić information content (AvgIpc) is 2.98. The van der Waals surface area contributed by atoms with Gasteiger partial charge in [0.25, 0.3) is 0 Å². The Morgan fingerprint density at radius 1 is 1.00 bits per heavy atom. The monoisotopic (exact) mass is 263 g/mol. The smallest absolute Gasteiger partial charge is 0.0741 e. The molecule has 1 atom stereocenters. The summed E-state index contributed by atoms with van der Waals surface area (Å²) in [6, 6.07) is 20.5. The zero-order valence-electron chi connectivity index (χ0n) is 11.4. The van der Waals surface area contributed by atoms with E-state index in [4.69, 9.17) is 5.73 Å². The molecule has 1 heterocycles. The summed E-state index contributed by atoms with van der Waals surface area (Å²) in [6.45, 7) is 1.99. The van der Waals surface area contributed by atoms with Crippen molar-refractivity contribution in [3.05, 3.63) is 72.4 Å². The number of rotatable bonds is 3. The Hall–Kier alpha value is -2.39. The van der Waals surface area contributed by atoms with Crippen molar-refractivity contribution in [3.8, 4) is 16.9 Å². The lowest BCUT2D eigenvalue weighted by Gasteiger charge is -2.10. The first-order valence-electron chi connectivity index (χ1n) is 6.71. The van der Waals surface area contributed by atoms with Gasteiger partial charge >= 0.3 is 0 Å².